The maximum absolute atomic E-state index is 11.8. The summed E-state index contributed by atoms with van der Waals surface area (Å²) in [6.07, 6.45) is 0.826. The highest BCUT2D eigenvalue weighted by molar-refractivity contribution is 6.06. The van der Waals surface area contributed by atoms with Crippen LogP contribution in [-0.2, 0) is 6.42 Å². The number of carbonyl (C=O) groups excluding carboxylic acids is 1. The van der Waals surface area contributed by atoms with E-state index in [-0.39, 0.29) is 11.6 Å². The topological polar surface area (TPSA) is 112 Å². The van der Waals surface area contributed by atoms with E-state index in [1.165, 1.54) is 0 Å². The molecule has 1 amide bonds. The van der Waals surface area contributed by atoms with Crippen LogP contribution in [0.4, 0.5) is 11.5 Å². The van der Waals surface area contributed by atoms with Crippen molar-refractivity contribution in [2.75, 3.05) is 11.1 Å². The first kappa shape index (κ1) is 11.2. The maximum atomic E-state index is 11.8. The molecule has 0 atom stereocenters. The summed E-state index contributed by atoms with van der Waals surface area (Å²) >= 11 is 0. The molecule has 0 saturated carbocycles. The van der Waals surface area contributed by atoms with Crippen molar-refractivity contribution in [1.29, 1.82) is 0 Å². The lowest BCUT2D eigenvalue weighted by Crippen LogP contribution is -2.14. The summed E-state index contributed by atoms with van der Waals surface area (Å²) in [5.41, 5.74) is 7.87. The van der Waals surface area contributed by atoms with Gasteiger partial charge in [0.15, 0.2) is 11.5 Å². The van der Waals surface area contributed by atoms with Crippen molar-refractivity contribution in [1.82, 2.24) is 20.4 Å². The van der Waals surface area contributed by atoms with Crippen molar-refractivity contribution in [3.05, 3.63) is 23.1 Å². The van der Waals surface area contributed by atoms with Gasteiger partial charge in [0.05, 0.1) is 11.4 Å². The van der Waals surface area contributed by atoms with E-state index in [0.29, 0.717) is 17.2 Å². The SMILES string of the molecule is CCc1cc(NC(=O)c2n[nH]c(C)c2N)n[nH]1. The number of amides is 1. The van der Waals surface area contributed by atoms with Gasteiger partial charge in [-0.1, -0.05) is 6.92 Å². The molecule has 0 aliphatic carbocycles. The Kier molecular flexibility index (Phi) is 2.82. The predicted octanol–water partition coefficient (Wildman–Crippen LogP) is 0.838. The highest BCUT2D eigenvalue weighted by atomic mass is 16.2. The van der Waals surface area contributed by atoms with Gasteiger partial charge in [-0.2, -0.15) is 10.2 Å². The van der Waals surface area contributed by atoms with Crippen LogP contribution in [0.3, 0.4) is 0 Å². The number of aromatic amines is 2. The number of carbonyl (C=O) groups is 1. The lowest BCUT2D eigenvalue weighted by Gasteiger charge is -1.98. The zero-order valence-corrected chi connectivity index (χ0v) is 9.66. The minimum absolute atomic E-state index is 0.184. The van der Waals surface area contributed by atoms with Crippen molar-refractivity contribution in [3.63, 3.8) is 0 Å². The molecule has 7 heteroatoms. The summed E-state index contributed by atoms with van der Waals surface area (Å²) in [6, 6.07) is 1.77. The summed E-state index contributed by atoms with van der Waals surface area (Å²) in [6.45, 7) is 3.75. The number of aromatic nitrogens is 4. The highest BCUT2D eigenvalue weighted by Gasteiger charge is 2.16. The Bertz CT molecular complexity index is 541. The fraction of sp³-hybridized carbons (Fsp3) is 0.300. The van der Waals surface area contributed by atoms with Crippen LogP contribution in [-0.4, -0.2) is 26.3 Å². The summed E-state index contributed by atoms with van der Waals surface area (Å²) in [7, 11) is 0. The average molecular weight is 234 g/mol. The van der Waals surface area contributed by atoms with Crippen molar-refractivity contribution >= 4 is 17.4 Å². The molecule has 0 spiro atoms. The average Bonchev–Trinajstić information content (AvgIpc) is 2.88. The molecule has 0 aliphatic heterocycles. The van der Waals surface area contributed by atoms with E-state index < -0.39 is 0 Å². The molecule has 17 heavy (non-hydrogen) atoms. The highest BCUT2D eigenvalue weighted by Crippen LogP contribution is 2.14. The Hall–Kier alpha value is -2.31. The molecule has 7 nitrogen and oxygen atoms in total. The van der Waals surface area contributed by atoms with Crippen molar-refractivity contribution in [2.24, 2.45) is 0 Å². The largest absolute Gasteiger partial charge is 0.395 e. The third-order valence-electron chi connectivity index (χ3n) is 2.46. The van der Waals surface area contributed by atoms with Gasteiger partial charge >= 0.3 is 0 Å². The Balaban J connectivity index is 2.14. The number of nitrogen functional groups attached to an aromatic ring is 1. The van der Waals surface area contributed by atoms with E-state index >= 15 is 0 Å². The molecule has 2 aromatic heterocycles. The van der Waals surface area contributed by atoms with Crippen molar-refractivity contribution in [3.8, 4) is 0 Å². The Labute approximate surface area is 97.8 Å². The van der Waals surface area contributed by atoms with Crippen molar-refractivity contribution < 1.29 is 4.79 Å². The molecule has 0 aromatic carbocycles. The third-order valence-corrected chi connectivity index (χ3v) is 2.46. The number of hydrogen-bond acceptors (Lipinski definition) is 4. The fourth-order valence-corrected chi connectivity index (χ4v) is 1.39. The standard InChI is InChI=1S/C10H14N6O/c1-3-6-4-7(15-14-6)12-10(17)9-8(11)5(2)13-16-9/h4H,3,11H2,1-2H3,(H,13,16)(H2,12,14,15,17). The Morgan fingerprint density at radius 1 is 1.47 bits per heavy atom. The van der Waals surface area contributed by atoms with E-state index in [1.807, 2.05) is 6.92 Å². The molecule has 0 unspecified atom stereocenters. The number of hydrogen-bond donors (Lipinski definition) is 4. The minimum atomic E-state index is -0.374. The summed E-state index contributed by atoms with van der Waals surface area (Å²) in [5, 5.41) is 15.9. The number of nitrogens with zero attached hydrogens (tertiary/aromatic N) is 2. The first-order valence-electron chi connectivity index (χ1n) is 5.28. The maximum Gasteiger partial charge on any atom is 0.279 e. The number of anilines is 2. The molecule has 0 aliphatic rings. The van der Waals surface area contributed by atoms with Crippen LogP contribution in [0.2, 0.25) is 0 Å². The second-order valence-electron chi connectivity index (χ2n) is 3.70. The lowest BCUT2D eigenvalue weighted by atomic mass is 10.3. The normalized spacial score (nSPS) is 10.5. The second kappa shape index (κ2) is 4.28. The van der Waals surface area contributed by atoms with E-state index in [1.54, 1.807) is 13.0 Å². The summed E-state index contributed by atoms with van der Waals surface area (Å²) in [5.74, 6) is 0.0907. The third kappa shape index (κ3) is 2.12. The van der Waals surface area contributed by atoms with Gasteiger partial charge in [-0.3, -0.25) is 15.0 Å². The molecule has 2 heterocycles. The molecular formula is C10H14N6O. The molecule has 90 valence electrons. The van der Waals surface area contributed by atoms with Crippen LogP contribution >= 0.6 is 0 Å². The summed E-state index contributed by atoms with van der Waals surface area (Å²) < 4.78 is 0. The smallest absolute Gasteiger partial charge is 0.279 e. The van der Waals surface area contributed by atoms with Crippen molar-refractivity contribution in [2.45, 2.75) is 20.3 Å². The van der Waals surface area contributed by atoms with Gasteiger partial charge in [0.25, 0.3) is 5.91 Å². The van der Waals surface area contributed by atoms with E-state index in [2.05, 4.69) is 25.7 Å². The first-order valence-corrected chi connectivity index (χ1v) is 5.28. The number of nitrogens with one attached hydrogen (secondary N) is 3. The quantitative estimate of drug-likeness (QED) is 0.630. The van der Waals surface area contributed by atoms with Crippen LogP contribution in [0.1, 0.15) is 28.8 Å². The van der Waals surface area contributed by atoms with Gasteiger partial charge in [-0.15, -0.1) is 0 Å². The monoisotopic (exact) mass is 234 g/mol. The second-order valence-corrected chi connectivity index (χ2v) is 3.70. The molecule has 2 aromatic rings. The first-order chi connectivity index (χ1) is 8.11. The van der Waals surface area contributed by atoms with Gasteiger partial charge in [0.1, 0.15) is 0 Å². The van der Waals surface area contributed by atoms with Crippen LogP contribution in [0.25, 0.3) is 0 Å². The molecule has 0 bridgehead atoms. The minimum Gasteiger partial charge on any atom is -0.395 e. The number of aryl methyl sites for hydroxylation is 2. The van der Waals surface area contributed by atoms with E-state index in [4.69, 9.17) is 5.73 Å². The van der Waals surface area contributed by atoms with Gasteiger partial charge in [-0.25, -0.2) is 0 Å². The van der Waals surface area contributed by atoms with Crippen LogP contribution in [0, 0.1) is 6.92 Å². The summed E-state index contributed by atoms with van der Waals surface area (Å²) in [4.78, 5) is 11.8. The Morgan fingerprint density at radius 3 is 2.76 bits per heavy atom. The van der Waals surface area contributed by atoms with Gasteiger partial charge < -0.3 is 11.1 Å². The van der Waals surface area contributed by atoms with Gasteiger partial charge in [-0.05, 0) is 13.3 Å². The number of H-pyrrole nitrogens is 2. The van der Waals surface area contributed by atoms with Gasteiger partial charge in [0.2, 0.25) is 0 Å². The molecular weight excluding hydrogens is 220 g/mol. The lowest BCUT2D eigenvalue weighted by molar-refractivity contribution is 0.102. The van der Waals surface area contributed by atoms with Crippen LogP contribution in [0.5, 0.6) is 0 Å². The zero-order valence-electron chi connectivity index (χ0n) is 9.66. The van der Waals surface area contributed by atoms with E-state index in [0.717, 1.165) is 12.1 Å². The number of rotatable bonds is 3. The Morgan fingerprint density at radius 2 is 2.24 bits per heavy atom. The molecule has 0 radical (unpaired) electrons. The zero-order chi connectivity index (χ0) is 12.4. The van der Waals surface area contributed by atoms with E-state index in [9.17, 15) is 4.79 Å². The fourth-order valence-electron chi connectivity index (χ4n) is 1.39. The molecule has 5 N–H and O–H groups in total. The van der Waals surface area contributed by atoms with Crippen LogP contribution < -0.4 is 11.1 Å². The predicted molar refractivity (Wildman–Crippen MR) is 63.7 cm³/mol. The van der Waals surface area contributed by atoms with Gasteiger partial charge in [0, 0.05) is 11.8 Å². The number of nitrogens with two attached hydrogens (primary N) is 1. The molecule has 0 saturated heterocycles. The molecule has 0 fully saturated rings. The molecule has 2 rings (SSSR count). The van der Waals surface area contributed by atoms with Crippen LogP contribution in [0.15, 0.2) is 6.07 Å².